The van der Waals surface area contributed by atoms with Gasteiger partial charge in [0.05, 0.1) is 18.8 Å². The largest absolute Gasteiger partial charge is 0.337 e. The predicted octanol–water partition coefficient (Wildman–Crippen LogP) is 3.26. The number of aryl methyl sites for hydroxylation is 3. The zero-order chi connectivity index (χ0) is 20.3. The Morgan fingerprint density at radius 3 is 2.54 bits per heavy atom. The van der Waals surface area contributed by atoms with E-state index in [1.807, 2.05) is 42.4 Å². The summed E-state index contributed by atoms with van der Waals surface area (Å²) in [5.41, 5.74) is 5.41. The second kappa shape index (κ2) is 8.25. The minimum Gasteiger partial charge on any atom is -0.337 e. The summed E-state index contributed by atoms with van der Waals surface area (Å²) in [5.74, 6) is 0.788. The highest BCUT2D eigenvalue weighted by atomic mass is 16.2. The van der Waals surface area contributed by atoms with Crippen LogP contribution in [0.4, 0.5) is 0 Å². The molecule has 6 heteroatoms. The molecular weight excluding hydrogens is 350 g/mol. The Morgan fingerprint density at radius 2 is 1.89 bits per heavy atom. The summed E-state index contributed by atoms with van der Waals surface area (Å²) in [6.45, 7) is 7.28. The van der Waals surface area contributed by atoms with Crippen molar-refractivity contribution in [3.8, 4) is 0 Å². The average Bonchev–Trinajstić information content (AvgIpc) is 3.18. The van der Waals surface area contributed by atoms with E-state index in [4.69, 9.17) is 0 Å². The second-order valence-electron chi connectivity index (χ2n) is 7.21. The van der Waals surface area contributed by atoms with Gasteiger partial charge < -0.3 is 9.47 Å². The lowest BCUT2D eigenvalue weighted by Gasteiger charge is -2.14. The van der Waals surface area contributed by atoms with E-state index in [-0.39, 0.29) is 5.91 Å². The van der Waals surface area contributed by atoms with Crippen molar-refractivity contribution >= 4 is 12.0 Å². The minimum atomic E-state index is -0.0620. The van der Waals surface area contributed by atoms with Crippen molar-refractivity contribution in [2.75, 3.05) is 7.05 Å². The Morgan fingerprint density at radius 1 is 1.18 bits per heavy atom. The zero-order valence-corrected chi connectivity index (χ0v) is 17.2. The molecule has 1 amide bonds. The van der Waals surface area contributed by atoms with Gasteiger partial charge >= 0.3 is 0 Å². The number of likely N-dealkylation sites (N-methyl/N-ethyl adjacent to an activating group) is 1. The van der Waals surface area contributed by atoms with Crippen LogP contribution in [0.1, 0.15) is 33.9 Å². The molecule has 0 aliphatic heterocycles. The normalized spacial score (nSPS) is 11.3. The smallest absolute Gasteiger partial charge is 0.246 e. The monoisotopic (exact) mass is 377 g/mol. The molecule has 1 aromatic carbocycles. The molecule has 2 heterocycles. The first kappa shape index (κ1) is 19.6. The first-order chi connectivity index (χ1) is 13.3. The van der Waals surface area contributed by atoms with Gasteiger partial charge in [0.25, 0.3) is 0 Å². The van der Waals surface area contributed by atoms with Crippen LogP contribution in [-0.4, -0.2) is 37.2 Å². The maximum absolute atomic E-state index is 12.5. The standard InChI is InChI=1S/C22H27N5O/c1-16-6-8-19(9-7-16)14-27-18(3)20(17(2)24-27)10-11-22(28)26(5)15-21-23-12-13-25(21)4/h6-13H,14-15H2,1-5H3. The fraction of sp³-hybridized carbons (Fsp3) is 0.318. The van der Waals surface area contributed by atoms with Crippen molar-refractivity contribution in [1.82, 2.24) is 24.2 Å². The highest BCUT2D eigenvalue weighted by molar-refractivity contribution is 5.91. The Kier molecular flexibility index (Phi) is 5.78. The molecule has 0 saturated carbocycles. The molecule has 2 aromatic heterocycles. The van der Waals surface area contributed by atoms with E-state index in [1.54, 1.807) is 24.2 Å². The van der Waals surface area contributed by atoms with Crippen molar-refractivity contribution in [2.45, 2.75) is 33.9 Å². The van der Waals surface area contributed by atoms with Crippen molar-refractivity contribution in [2.24, 2.45) is 7.05 Å². The van der Waals surface area contributed by atoms with E-state index in [2.05, 4.69) is 41.3 Å². The molecule has 0 unspecified atom stereocenters. The third-order valence-electron chi connectivity index (χ3n) is 4.96. The Bertz CT molecular complexity index is 995. The van der Waals surface area contributed by atoms with Crippen LogP contribution in [0.25, 0.3) is 6.08 Å². The predicted molar refractivity (Wildman–Crippen MR) is 111 cm³/mol. The number of imidazole rings is 1. The molecule has 0 saturated heterocycles. The Hall–Kier alpha value is -3.15. The van der Waals surface area contributed by atoms with Gasteiger partial charge in [0.15, 0.2) is 0 Å². The van der Waals surface area contributed by atoms with E-state index in [9.17, 15) is 4.79 Å². The third kappa shape index (κ3) is 4.39. The molecule has 0 fully saturated rings. The first-order valence-electron chi connectivity index (χ1n) is 9.34. The Labute approximate surface area is 166 Å². The van der Waals surface area contributed by atoms with Crippen molar-refractivity contribution < 1.29 is 4.79 Å². The lowest BCUT2D eigenvalue weighted by atomic mass is 10.1. The topological polar surface area (TPSA) is 56.0 Å². The average molecular weight is 377 g/mol. The summed E-state index contributed by atoms with van der Waals surface area (Å²) >= 11 is 0. The fourth-order valence-electron chi connectivity index (χ4n) is 3.09. The molecule has 0 atom stereocenters. The zero-order valence-electron chi connectivity index (χ0n) is 17.2. The molecule has 0 spiro atoms. The van der Waals surface area contributed by atoms with Crippen LogP contribution < -0.4 is 0 Å². The number of aromatic nitrogens is 4. The van der Waals surface area contributed by atoms with Gasteiger partial charge in [-0.05, 0) is 32.4 Å². The first-order valence-corrected chi connectivity index (χ1v) is 9.34. The van der Waals surface area contributed by atoms with E-state index in [0.29, 0.717) is 13.1 Å². The number of rotatable bonds is 6. The van der Waals surface area contributed by atoms with E-state index in [1.165, 1.54) is 11.1 Å². The summed E-state index contributed by atoms with van der Waals surface area (Å²) in [5, 5.41) is 4.65. The lowest BCUT2D eigenvalue weighted by molar-refractivity contribution is -0.125. The van der Waals surface area contributed by atoms with Crippen molar-refractivity contribution in [3.05, 3.63) is 76.6 Å². The molecule has 3 aromatic rings. The number of carbonyl (C=O) groups excluding carboxylic acids is 1. The van der Waals surface area contributed by atoms with Gasteiger partial charge in [0.2, 0.25) is 5.91 Å². The van der Waals surface area contributed by atoms with Gasteiger partial charge in [0.1, 0.15) is 5.82 Å². The van der Waals surface area contributed by atoms with Crippen molar-refractivity contribution in [3.63, 3.8) is 0 Å². The highest BCUT2D eigenvalue weighted by Crippen LogP contribution is 2.17. The molecule has 28 heavy (non-hydrogen) atoms. The third-order valence-corrected chi connectivity index (χ3v) is 4.96. The van der Waals surface area contributed by atoms with Crippen LogP contribution in [-0.2, 0) is 24.9 Å². The number of nitrogens with zero attached hydrogens (tertiary/aromatic N) is 5. The van der Waals surface area contributed by atoms with Gasteiger partial charge in [-0.3, -0.25) is 9.48 Å². The summed E-state index contributed by atoms with van der Waals surface area (Å²) in [4.78, 5) is 18.4. The number of hydrogen-bond acceptors (Lipinski definition) is 3. The quantitative estimate of drug-likeness (QED) is 0.620. The molecule has 3 rings (SSSR count). The molecular formula is C22H27N5O. The second-order valence-corrected chi connectivity index (χ2v) is 7.21. The lowest BCUT2D eigenvalue weighted by Crippen LogP contribution is -2.25. The maximum atomic E-state index is 12.5. The molecule has 0 aliphatic carbocycles. The summed E-state index contributed by atoms with van der Waals surface area (Å²) in [6, 6.07) is 8.46. The van der Waals surface area contributed by atoms with Gasteiger partial charge in [-0.25, -0.2) is 4.98 Å². The van der Waals surface area contributed by atoms with E-state index < -0.39 is 0 Å². The minimum absolute atomic E-state index is 0.0620. The van der Waals surface area contributed by atoms with Crippen LogP contribution >= 0.6 is 0 Å². The molecule has 6 nitrogen and oxygen atoms in total. The fourth-order valence-corrected chi connectivity index (χ4v) is 3.09. The molecule has 0 radical (unpaired) electrons. The number of carbonyl (C=O) groups is 1. The van der Waals surface area contributed by atoms with Crippen LogP contribution in [0.2, 0.25) is 0 Å². The Balaban J connectivity index is 1.71. The van der Waals surface area contributed by atoms with E-state index >= 15 is 0 Å². The van der Waals surface area contributed by atoms with Crippen LogP contribution in [0.5, 0.6) is 0 Å². The number of benzene rings is 1. The summed E-state index contributed by atoms with van der Waals surface area (Å²) in [7, 11) is 3.70. The van der Waals surface area contributed by atoms with Crippen LogP contribution in [0.15, 0.2) is 42.7 Å². The highest BCUT2D eigenvalue weighted by Gasteiger charge is 2.12. The summed E-state index contributed by atoms with van der Waals surface area (Å²) < 4.78 is 3.90. The molecule has 0 aliphatic rings. The molecule has 0 N–H and O–H groups in total. The van der Waals surface area contributed by atoms with Crippen LogP contribution in [0, 0.1) is 20.8 Å². The van der Waals surface area contributed by atoms with Gasteiger partial charge in [0, 0.05) is 43.8 Å². The van der Waals surface area contributed by atoms with Gasteiger partial charge in [-0.2, -0.15) is 5.10 Å². The SMILES string of the molecule is Cc1ccc(Cn2nc(C)c(C=CC(=O)N(C)Cc3nccn3C)c2C)cc1. The maximum Gasteiger partial charge on any atom is 0.246 e. The van der Waals surface area contributed by atoms with Gasteiger partial charge in [-0.15, -0.1) is 0 Å². The molecule has 146 valence electrons. The van der Waals surface area contributed by atoms with Gasteiger partial charge in [-0.1, -0.05) is 29.8 Å². The number of hydrogen-bond donors (Lipinski definition) is 0. The van der Waals surface area contributed by atoms with E-state index in [0.717, 1.165) is 22.8 Å². The molecule has 0 bridgehead atoms. The van der Waals surface area contributed by atoms with Crippen molar-refractivity contribution in [1.29, 1.82) is 0 Å². The number of amides is 1. The van der Waals surface area contributed by atoms with Crippen LogP contribution in [0.3, 0.4) is 0 Å². The summed E-state index contributed by atoms with van der Waals surface area (Å²) in [6.07, 6.45) is 7.08.